The molecule has 0 spiro atoms. The molecule has 0 aromatic carbocycles. The Balaban J connectivity index is 2.07. The maximum absolute atomic E-state index is 10.8. The van der Waals surface area contributed by atoms with Crippen molar-refractivity contribution in [3.63, 3.8) is 0 Å². The summed E-state index contributed by atoms with van der Waals surface area (Å²) in [4.78, 5) is 13.5. The number of nitrogens with one attached hydrogen (secondary N) is 1. The van der Waals surface area contributed by atoms with Gasteiger partial charge in [0.05, 0.1) is 0 Å². The summed E-state index contributed by atoms with van der Waals surface area (Å²) in [6, 6.07) is 1.03. The molecule has 4 nitrogen and oxygen atoms in total. The fourth-order valence-corrected chi connectivity index (χ4v) is 3.91. The summed E-state index contributed by atoms with van der Waals surface area (Å²) >= 11 is 0. The van der Waals surface area contributed by atoms with E-state index >= 15 is 0 Å². The average molecular weight is 268 g/mol. The van der Waals surface area contributed by atoms with Gasteiger partial charge >= 0.3 is 5.97 Å². The second-order valence-corrected chi connectivity index (χ2v) is 6.73. The van der Waals surface area contributed by atoms with E-state index in [9.17, 15) is 4.79 Å². The molecule has 110 valence electrons. The predicted molar refractivity (Wildman–Crippen MR) is 76.3 cm³/mol. The minimum absolute atomic E-state index is 0.142. The Bertz CT molecular complexity index is 311. The zero-order chi connectivity index (χ0) is 13.9. The fraction of sp³-hybridized carbons (Fsp3) is 0.933. The normalized spacial score (nSPS) is 29.3. The van der Waals surface area contributed by atoms with E-state index in [4.69, 9.17) is 5.11 Å². The highest BCUT2D eigenvalue weighted by molar-refractivity contribution is 5.66. The molecule has 2 N–H and O–H groups in total. The molecule has 0 amide bonds. The third kappa shape index (κ3) is 3.69. The van der Waals surface area contributed by atoms with E-state index in [2.05, 4.69) is 24.1 Å². The second kappa shape index (κ2) is 6.23. The van der Waals surface area contributed by atoms with Gasteiger partial charge in [-0.25, -0.2) is 0 Å². The van der Waals surface area contributed by atoms with Gasteiger partial charge in [-0.1, -0.05) is 19.3 Å². The molecule has 1 aliphatic carbocycles. The number of carboxylic acids is 1. The molecule has 2 aliphatic rings. The van der Waals surface area contributed by atoms with Crippen LogP contribution in [0.5, 0.6) is 0 Å². The summed E-state index contributed by atoms with van der Waals surface area (Å²) in [5.41, 5.74) is 0.142. The molecule has 1 atom stereocenters. The Hall–Kier alpha value is -0.610. The van der Waals surface area contributed by atoms with Crippen LogP contribution in [0.15, 0.2) is 0 Å². The first-order chi connectivity index (χ1) is 9.00. The Morgan fingerprint density at radius 3 is 2.63 bits per heavy atom. The van der Waals surface area contributed by atoms with Crippen LogP contribution in [0.3, 0.4) is 0 Å². The van der Waals surface area contributed by atoms with E-state index in [-0.39, 0.29) is 12.0 Å². The number of carbonyl (C=O) groups is 1. The van der Waals surface area contributed by atoms with Crippen LogP contribution in [0.4, 0.5) is 0 Å². The van der Waals surface area contributed by atoms with Crippen molar-refractivity contribution in [1.82, 2.24) is 10.2 Å². The maximum Gasteiger partial charge on any atom is 0.303 e. The molecule has 1 saturated carbocycles. The minimum Gasteiger partial charge on any atom is -0.481 e. The van der Waals surface area contributed by atoms with E-state index < -0.39 is 5.97 Å². The van der Waals surface area contributed by atoms with Crippen molar-refractivity contribution in [3.05, 3.63) is 0 Å². The number of nitrogens with zero attached hydrogens (tertiary/aromatic N) is 1. The average Bonchev–Trinajstić information content (AvgIpc) is 2.36. The maximum atomic E-state index is 10.8. The lowest BCUT2D eigenvalue weighted by atomic mass is 9.86. The molecule has 1 aliphatic heterocycles. The molecule has 0 radical (unpaired) electrons. The highest BCUT2D eigenvalue weighted by Crippen LogP contribution is 2.33. The smallest absolute Gasteiger partial charge is 0.303 e. The Morgan fingerprint density at radius 1 is 1.32 bits per heavy atom. The van der Waals surface area contributed by atoms with Crippen molar-refractivity contribution in [2.75, 3.05) is 13.1 Å². The quantitative estimate of drug-likeness (QED) is 0.821. The summed E-state index contributed by atoms with van der Waals surface area (Å²) in [6.07, 6.45) is 7.64. The highest BCUT2D eigenvalue weighted by atomic mass is 16.4. The van der Waals surface area contributed by atoms with E-state index in [0.717, 1.165) is 19.5 Å². The summed E-state index contributed by atoms with van der Waals surface area (Å²) in [6.45, 7) is 6.53. The lowest BCUT2D eigenvalue weighted by Crippen LogP contribution is -2.66. The Morgan fingerprint density at radius 2 is 2.00 bits per heavy atom. The summed E-state index contributed by atoms with van der Waals surface area (Å²) < 4.78 is 0. The van der Waals surface area contributed by atoms with Crippen LogP contribution in [0, 0.1) is 0 Å². The first-order valence-electron chi connectivity index (χ1n) is 7.71. The van der Waals surface area contributed by atoms with Crippen molar-refractivity contribution in [2.24, 2.45) is 0 Å². The molecular formula is C15H28N2O2. The third-order valence-corrected chi connectivity index (χ3v) is 4.69. The molecule has 0 aromatic heterocycles. The number of hydrogen-bond donors (Lipinski definition) is 2. The van der Waals surface area contributed by atoms with Gasteiger partial charge in [-0.2, -0.15) is 0 Å². The number of hydrogen-bond acceptors (Lipinski definition) is 3. The Labute approximate surface area is 116 Å². The van der Waals surface area contributed by atoms with Crippen LogP contribution in [0.25, 0.3) is 0 Å². The monoisotopic (exact) mass is 268 g/mol. The fourth-order valence-electron chi connectivity index (χ4n) is 3.91. The predicted octanol–water partition coefficient (Wildman–Crippen LogP) is 2.24. The molecule has 0 aromatic rings. The lowest BCUT2D eigenvalue weighted by Gasteiger charge is -2.53. The van der Waals surface area contributed by atoms with E-state index in [1.54, 1.807) is 0 Å². The van der Waals surface area contributed by atoms with Crippen molar-refractivity contribution >= 4 is 5.97 Å². The van der Waals surface area contributed by atoms with Gasteiger partial charge in [-0.15, -0.1) is 0 Å². The van der Waals surface area contributed by atoms with Crippen LogP contribution in [0.2, 0.25) is 0 Å². The Kier molecular flexibility index (Phi) is 4.85. The van der Waals surface area contributed by atoms with Crippen LogP contribution in [0.1, 0.15) is 58.8 Å². The zero-order valence-corrected chi connectivity index (χ0v) is 12.3. The number of aliphatic carboxylic acids is 1. The number of carboxylic acid groups (broad SMARTS) is 1. The molecule has 1 saturated heterocycles. The first kappa shape index (κ1) is 14.8. The van der Waals surface area contributed by atoms with Gasteiger partial charge in [0.25, 0.3) is 0 Å². The third-order valence-electron chi connectivity index (χ3n) is 4.69. The molecular weight excluding hydrogens is 240 g/mol. The van der Waals surface area contributed by atoms with Crippen LogP contribution >= 0.6 is 0 Å². The lowest BCUT2D eigenvalue weighted by molar-refractivity contribution is -0.137. The van der Waals surface area contributed by atoms with Gasteiger partial charge in [-0.05, 0) is 33.1 Å². The standard InChI is InChI=1S/C15H28N2O2/c1-15(2)11-16-10-13(8-9-14(18)19)17(15)12-6-4-3-5-7-12/h12-13,16H,3-11H2,1-2H3,(H,18,19). The van der Waals surface area contributed by atoms with Crippen molar-refractivity contribution in [2.45, 2.75) is 76.4 Å². The molecule has 19 heavy (non-hydrogen) atoms. The summed E-state index contributed by atoms with van der Waals surface area (Å²) in [5.74, 6) is -0.674. The zero-order valence-electron chi connectivity index (χ0n) is 12.3. The molecule has 2 fully saturated rings. The summed E-state index contributed by atoms with van der Waals surface area (Å²) in [7, 11) is 0. The summed E-state index contributed by atoms with van der Waals surface area (Å²) in [5, 5.41) is 12.4. The van der Waals surface area contributed by atoms with Gasteiger partial charge in [0, 0.05) is 37.1 Å². The van der Waals surface area contributed by atoms with Crippen LogP contribution in [-0.4, -0.2) is 46.7 Å². The van der Waals surface area contributed by atoms with Crippen LogP contribution in [-0.2, 0) is 4.79 Å². The van der Waals surface area contributed by atoms with Crippen LogP contribution < -0.4 is 5.32 Å². The van der Waals surface area contributed by atoms with Gasteiger partial charge in [0.1, 0.15) is 0 Å². The van der Waals surface area contributed by atoms with E-state index in [0.29, 0.717) is 12.1 Å². The van der Waals surface area contributed by atoms with Gasteiger partial charge < -0.3 is 10.4 Å². The molecule has 2 rings (SSSR count). The van der Waals surface area contributed by atoms with E-state index in [1.165, 1.54) is 32.1 Å². The molecule has 4 heteroatoms. The molecule has 1 heterocycles. The molecule has 1 unspecified atom stereocenters. The topological polar surface area (TPSA) is 52.6 Å². The number of rotatable bonds is 4. The number of piperazine rings is 1. The van der Waals surface area contributed by atoms with Crippen molar-refractivity contribution < 1.29 is 9.90 Å². The van der Waals surface area contributed by atoms with Crippen molar-refractivity contribution in [1.29, 1.82) is 0 Å². The van der Waals surface area contributed by atoms with Gasteiger partial charge in [0.2, 0.25) is 0 Å². The van der Waals surface area contributed by atoms with E-state index in [1.807, 2.05) is 0 Å². The molecule has 0 bridgehead atoms. The van der Waals surface area contributed by atoms with Crippen molar-refractivity contribution in [3.8, 4) is 0 Å². The highest BCUT2D eigenvalue weighted by Gasteiger charge is 2.40. The SMILES string of the molecule is CC1(C)CNCC(CCC(=O)O)N1C1CCCCC1. The van der Waals surface area contributed by atoms with Gasteiger partial charge in [-0.3, -0.25) is 9.69 Å². The second-order valence-electron chi connectivity index (χ2n) is 6.73. The first-order valence-corrected chi connectivity index (χ1v) is 7.71. The largest absolute Gasteiger partial charge is 0.481 e. The minimum atomic E-state index is -0.674. The van der Waals surface area contributed by atoms with Gasteiger partial charge in [0.15, 0.2) is 0 Å².